The zero-order valence-electron chi connectivity index (χ0n) is 9.87. The van der Waals surface area contributed by atoms with Crippen molar-refractivity contribution in [3.05, 3.63) is 44.7 Å². The Morgan fingerprint density at radius 3 is 2.83 bits per heavy atom. The first kappa shape index (κ1) is 13.8. The lowest BCUT2D eigenvalue weighted by molar-refractivity contribution is 0.0985. The fourth-order valence-corrected chi connectivity index (χ4v) is 3.44. The summed E-state index contributed by atoms with van der Waals surface area (Å²) in [5, 5.41) is 0.697. The monoisotopic (exact) mass is 342 g/mol. The molecule has 0 bridgehead atoms. The van der Waals surface area contributed by atoms with Crippen LogP contribution < -0.4 is 0 Å². The van der Waals surface area contributed by atoms with Crippen molar-refractivity contribution >= 4 is 44.7 Å². The van der Waals surface area contributed by atoms with Crippen molar-refractivity contribution in [3.8, 4) is 10.4 Å². The van der Waals surface area contributed by atoms with Crippen LogP contribution in [0.2, 0.25) is 5.02 Å². The van der Waals surface area contributed by atoms with Crippen LogP contribution in [0.4, 0.5) is 0 Å². The lowest BCUT2D eigenvalue weighted by atomic mass is 10.2. The van der Waals surface area contributed by atoms with Crippen molar-refractivity contribution in [3.63, 3.8) is 0 Å². The summed E-state index contributed by atoms with van der Waals surface area (Å²) >= 11 is 11.0. The number of ketones is 1. The van der Waals surface area contributed by atoms with Crippen molar-refractivity contribution in [2.75, 3.05) is 0 Å². The lowest BCUT2D eigenvalue weighted by Gasteiger charge is -2.02. The van der Waals surface area contributed by atoms with Gasteiger partial charge in [-0.1, -0.05) is 34.5 Å². The minimum absolute atomic E-state index is 0.215. The molecule has 1 aromatic carbocycles. The third kappa shape index (κ3) is 3.02. The Hall–Kier alpha value is -0.640. The van der Waals surface area contributed by atoms with Crippen LogP contribution >= 0.6 is 38.9 Å². The van der Waals surface area contributed by atoms with Crippen LogP contribution in [0.1, 0.15) is 29.4 Å². The number of carbonyl (C=O) groups is 1. The van der Waals surface area contributed by atoms with Gasteiger partial charge in [-0.25, -0.2) is 0 Å². The molecule has 94 valence electrons. The maximum Gasteiger partial charge on any atom is 0.172 e. The molecule has 0 amide bonds. The van der Waals surface area contributed by atoms with Crippen molar-refractivity contribution in [2.24, 2.45) is 0 Å². The van der Waals surface area contributed by atoms with Crippen LogP contribution in [0.3, 0.4) is 0 Å². The summed E-state index contributed by atoms with van der Waals surface area (Å²) in [4.78, 5) is 13.7. The Balaban J connectivity index is 2.35. The number of hydrogen-bond donors (Lipinski definition) is 0. The second kappa shape index (κ2) is 6.00. The van der Waals surface area contributed by atoms with Gasteiger partial charge >= 0.3 is 0 Å². The van der Waals surface area contributed by atoms with Gasteiger partial charge in [-0.15, -0.1) is 11.3 Å². The van der Waals surface area contributed by atoms with E-state index in [9.17, 15) is 4.79 Å². The van der Waals surface area contributed by atoms with Gasteiger partial charge in [0.1, 0.15) is 0 Å². The Morgan fingerprint density at radius 1 is 1.33 bits per heavy atom. The van der Waals surface area contributed by atoms with Crippen molar-refractivity contribution in [1.82, 2.24) is 0 Å². The van der Waals surface area contributed by atoms with E-state index in [2.05, 4.69) is 15.9 Å². The standard InChI is InChI=1S/C14H12BrClOS/c1-2-3-12(17)14-7-6-13(18-14)10-8-9(16)4-5-11(10)15/h4-8H,2-3H2,1H3. The molecular formula is C14H12BrClOS. The predicted molar refractivity (Wildman–Crippen MR) is 81.7 cm³/mol. The van der Waals surface area contributed by atoms with Gasteiger partial charge in [0.05, 0.1) is 4.88 Å². The average molecular weight is 344 g/mol. The predicted octanol–water partition coefficient (Wildman–Crippen LogP) is 5.81. The minimum atomic E-state index is 0.215. The SMILES string of the molecule is CCCC(=O)c1ccc(-c2cc(Cl)ccc2Br)s1. The molecule has 0 aliphatic heterocycles. The lowest BCUT2D eigenvalue weighted by Crippen LogP contribution is -1.93. The van der Waals surface area contributed by atoms with Crippen molar-refractivity contribution < 1.29 is 4.79 Å². The van der Waals surface area contributed by atoms with Crippen LogP contribution in [-0.4, -0.2) is 5.78 Å². The number of hydrogen-bond acceptors (Lipinski definition) is 2. The molecule has 0 saturated heterocycles. The van der Waals surface area contributed by atoms with Gasteiger partial charge in [0.2, 0.25) is 0 Å². The molecule has 18 heavy (non-hydrogen) atoms. The number of thiophene rings is 1. The molecule has 4 heteroatoms. The molecule has 0 saturated carbocycles. The van der Waals surface area contributed by atoms with Crippen LogP contribution in [0, 0.1) is 0 Å². The molecule has 2 aromatic rings. The van der Waals surface area contributed by atoms with E-state index in [0.29, 0.717) is 11.4 Å². The second-order valence-electron chi connectivity index (χ2n) is 3.96. The number of Topliss-reactive ketones (excluding diaryl/α,β-unsaturated/α-hetero) is 1. The number of halogens is 2. The largest absolute Gasteiger partial charge is 0.293 e. The number of carbonyl (C=O) groups excluding carboxylic acids is 1. The third-order valence-electron chi connectivity index (χ3n) is 2.55. The van der Waals surface area contributed by atoms with Gasteiger partial charge in [-0.3, -0.25) is 4.79 Å². The van der Waals surface area contributed by atoms with E-state index >= 15 is 0 Å². The highest BCUT2D eigenvalue weighted by Crippen LogP contribution is 2.35. The molecule has 0 aliphatic rings. The molecule has 0 unspecified atom stereocenters. The average Bonchev–Trinajstić information content (AvgIpc) is 2.82. The first-order chi connectivity index (χ1) is 8.61. The van der Waals surface area contributed by atoms with E-state index in [1.165, 1.54) is 11.3 Å². The van der Waals surface area contributed by atoms with Crippen molar-refractivity contribution in [2.45, 2.75) is 19.8 Å². The molecule has 1 aromatic heterocycles. The van der Waals surface area contributed by atoms with Gasteiger partial charge in [0.25, 0.3) is 0 Å². The maximum absolute atomic E-state index is 11.8. The molecular weight excluding hydrogens is 332 g/mol. The van der Waals surface area contributed by atoms with Crippen LogP contribution in [0.5, 0.6) is 0 Å². The van der Waals surface area contributed by atoms with E-state index in [-0.39, 0.29) is 5.78 Å². The quantitative estimate of drug-likeness (QED) is 0.640. The Morgan fingerprint density at radius 2 is 2.11 bits per heavy atom. The van der Waals surface area contributed by atoms with Crippen LogP contribution in [-0.2, 0) is 0 Å². The molecule has 0 radical (unpaired) electrons. The highest BCUT2D eigenvalue weighted by molar-refractivity contribution is 9.10. The van der Waals surface area contributed by atoms with Crippen LogP contribution in [0.25, 0.3) is 10.4 Å². The number of rotatable bonds is 4. The highest BCUT2D eigenvalue weighted by atomic mass is 79.9. The second-order valence-corrected chi connectivity index (χ2v) is 6.34. The smallest absolute Gasteiger partial charge is 0.172 e. The van der Waals surface area contributed by atoms with E-state index in [1.54, 1.807) is 0 Å². The fraction of sp³-hybridized carbons (Fsp3) is 0.214. The first-order valence-electron chi connectivity index (χ1n) is 5.70. The Labute approximate surface area is 124 Å². The minimum Gasteiger partial charge on any atom is -0.293 e. The summed E-state index contributed by atoms with van der Waals surface area (Å²) < 4.78 is 0.989. The molecule has 0 aliphatic carbocycles. The number of benzene rings is 1. The summed E-state index contributed by atoms with van der Waals surface area (Å²) in [6.07, 6.45) is 1.49. The van der Waals surface area contributed by atoms with Crippen molar-refractivity contribution in [1.29, 1.82) is 0 Å². The maximum atomic E-state index is 11.8. The molecule has 0 N–H and O–H groups in total. The van der Waals surface area contributed by atoms with E-state index in [1.807, 2.05) is 37.3 Å². The summed E-state index contributed by atoms with van der Waals surface area (Å²) in [5.74, 6) is 0.215. The third-order valence-corrected chi connectivity index (χ3v) is 4.64. The van der Waals surface area contributed by atoms with Crippen LogP contribution in [0.15, 0.2) is 34.8 Å². The highest BCUT2D eigenvalue weighted by Gasteiger charge is 2.11. The van der Waals surface area contributed by atoms with Gasteiger partial charge in [-0.05, 0) is 36.8 Å². The van der Waals surface area contributed by atoms with Gasteiger partial charge < -0.3 is 0 Å². The van der Waals surface area contributed by atoms with Gasteiger partial charge in [0.15, 0.2) is 5.78 Å². The molecule has 0 spiro atoms. The summed E-state index contributed by atoms with van der Waals surface area (Å²) in [6.45, 7) is 2.01. The zero-order chi connectivity index (χ0) is 13.1. The van der Waals surface area contributed by atoms with Gasteiger partial charge in [0, 0.05) is 26.4 Å². The Kier molecular flexibility index (Phi) is 4.60. The fourth-order valence-electron chi connectivity index (χ4n) is 1.67. The van der Waals surface area contributed by atoms with E-state index < -0.39 is 0 Å². The van der Waals surface area contributed by atoms with E-state index in [4.69, 9.17) is 11.6 Å². The molecule has 2 rings (SSSR count). The van der Waals surface area contributed by atoms with E-state index in [0.717, 1.165) is 26.2 Å². The molecule has 0 atom stereocenters. The Bertz CT molecular complexity index is 577. The normalized spacial score (nSPS) is 10.6. The summed E-state index contributed by atoms with van der Waals surface area (Å²) in [7, 11) is 0. The topological polar surface area (TPSA) is 17.1 Å². The summed E-state index contributed by atoms with van der Waals surface area (Å²) in [6, 6.07) is 9.54. The first-order valence-corrected chi connectivity index (χ1v) is 7.69. The molecule has 1 heterocycles. The summed E-state index contributed by atoms with van der Waals surface area (Å²) in [5.41, 5.74) is 1.03. The zero-order valence-corrected chi connectivity index (χ0v) is 13.0. The van der Waals surface area contributed by atoms with Gasteiger partial charge in [-0.2, -0.15) is 0 Å². The molecule has 0 fully saturated rings. The molecule has 1 nitrogen and oxygen atoms in total.